The van der Waals surface area contributed by atoms with Gasteiger partial charge in [-0.1, -0.05) is 54.3 Å². The first-order valence-corrected chi connectivity index (χ1v) is 18.3. The Labute approximate surface area is 307 Å². The highest BCUT2D eigenvalue weighted by Gasteiger charge is 2.22. The predicted molar refractivity (Wildman–Crippen MR) is 197 cm³/mol. The summed E-state index contributed by atoms with van der Waals surface area (Å²) in [6.45, 7) is 5.32. The van der Waals surface area contributed by atoms with E-state index in [0.717, 1.165) is 54.5 Å². The molecule has 2 aromatic rings. The SMILES string of the molecule is O=C(CCC(=O)N1Cc2ccccc2C#Cc2ccccc21)NCCOCCOCCOCCOCCOCCNC(=O)OC1CC/C=C/CCC1. The molecule has 1 aliphatic heterocycles. The molecule has 0 radical (unpaired) electrons. The maximum absolute atomic E-state index is 13.3. The van der Waals surface area contributed by atoms with Gasteiger partial charge in [0, 0.05) is 37.1 Å². The number of carbonyl (C=O) groups is 3. The first kappa shape index (κ1) is 40.5. The Morgan fingerprint density at radius 3 is 1.94 bits per heavy atom. The molecule has 1 atom stereocenters. The molecule has 2 N–H and O–H groups in total. The quantitative estimate of drug-likeness (QED) is 0.102. The number of nitrogens with one attached hydrogen (secondary N) is 2. The van der Waals surface area contributed by atoms with E-state index in [1.165, 1.54) is 0 Å². The average Bonchev–Trinajstić information content (AvgIpc) is 3.13. The lowest BCUT2D eigenvalue weighted by Crippen LogP contribution is -2.34. The molecule has 0 fully saturated rings. The summed E-state index contributed by atoms with van der Waals surface area (Å²) in [4.78, 5) is 39.4. The number of nitrogens with zero attached hydrogens (tertiary/aromatic N) is 1. The summed E-state index contributed by atoms with van der Waals surface area (Å²) in [6, 6.07) is 15.4. The number of alkyl carbamates (subject to hydrolysis) is 1. The summed E-state index contributed by atoms with van der Waals surface area (Å²) in [5, 5.41) is 5.54. The Kier molecular flexibility index (Phi) is 19.4. The molecule has 2 aromatic carbocycles. The molecule has 3 amide bonds. The molecule has 4 rings (SSSR count). The van der Waals surface area contributed by atoms with Crippen molar-refractivity contribution in [2.45, 2.75) is 57.6 Å². The van der Waals surface area contributed by atoms with E-state index in [2.05, 4.69) is 34.6 Å². The fourth-order valence-electron chi connectivity index (χ4n) is 5.56. The average molecular weight is 720 g/mol. The van der Waals surface area contributed by atoms with Gasteiger partial charge in [0.25, 0.3) is 0 Å². The van der Waals surface area contributed by atoms with Crippen molar-refractivity contribution in [3.63, 3.8) is 0 Å². The lowest BCUT2D eigenvalue weighted by atomic mass is 10.0. The van der Waals surface area contributed by atoms with Crippen LogP contribution in [0.3, 0.4) is 0 Å². The Balaban J connectivity index is 0.907. The van der Waals surface area contributed by atoms with E-state index < -0.39 is 0 Å². The van der Waals surface area contributed by atoms with Gasteiger partial charge in [-0.05, 0) is 55.9 Å². The van der Waals surface area contributed by atoms with Crippen molar-refractivity contribution >= 4 is 23.6 Å². The van der Waals surface area contributed by atoms with Crippen molar-refractivity contribution in [3.05, 3.63) is 77.4 Å². The van der Waals surface area contributed by atoms with Gasteiger partial charge in [-0.2, -0.15) is 0 Å². The second-order valence-corrected chi connectivity index (χ2v) is 12.2. The number of rotatable bonds is 22. The fourth-order valence-corrected chi connectivity index (χ4v) is 5.56. The molecule has 2 aliphatic rings. The number of hydrogen-bond acceptors (Lipinski definition) is 9. The number of fused-ring (bicyclic) bond motifs is 2. The standard InChI is InChI=1S/C40H53N3O9/c44-38(18-19-39(45)43-32-35-12-7-6-10-33(35)16-17-34-11-8-9-15-37(34)43)41-20-22-47-24-26-49-28-30-51-31-29-50-27-25-48-23-21-42-40(46)52-36-13-4-2-1-3-5-14-36/h1-2,6-12,15,36H,3-5,13-14,18-32H2,(H,41,44)(H,42,46)/b2-1+. The van der Waals surface area contributed by atoms with Crippen molar-refractivity contribution < 1.29 is 42.8 Å². The summed E-state index contributed by atoms with van der Waals surface area (Å²) >= 11 is 0. The topological polar surface area (TPSA) is 134 Å². The predicted octanol–water partition coefficient (Wildman–Crippen LogP) is 4.53. The van der Waals surface area contributed by atoms with Gasteiger partial charge in [-0.15, -0.1) is 0 Å². The van der Waals surface area contributed by atoms with Crippen LogP contribution in [-0.2, 0) is 44.6 Å². The summed E-state index contributed by atoms with van der Waals surface area (Å²) in [5.74, 6) is 6.07. The van der Waals surface area contributed by atoms with Crippen LogP contribution in [0.15, 0.2) is 60.7 Å². The minimum atomic E-state index is -0.388. The smallest absolute Gasteiger partial charge is 0.407 e. The molecule has 0 saturated carbocycles. The van der Waals surface area contributed by atoms with Crippen LogP contribution in [0.2, 0.25) is 0 Å². The number of amides is 3. The molecular weight excluding hydrogens is 666 g/mol. The highest BCUT2D eigenvalue weighted by molar-refractivity contribution is 5.96. The minimum absolute atomic E-state index is 0.0194. The van der Waals surface area contributed by atoms with Crippen LogP contribution < -0.4 is 15.5 Å². The van der Waals surface area contributed by atoms with Crippen molar-refractivity contribution in [2.24, 2.45) is 0 Å². The second kappa shape index (κ2) is 24.9. The van der Waals surface area contributed by atoms with E-state index in [1.807, 2.05) is 48.5 Å². The minimum Gasteiger partial charge on any atom is -0.446 e. The zero-order chi connectivity index (χ0) is 36.5. The zero-order valence-corrected chi connectivity index (χ0v) is 30.1. The van der Waals surface area contributed by atoms with Crippen molar-refractivity contribution in [3.8, 4) is 11.8 Å². The summed E-state index contributed by atoms with van der Waals surface area (Å²) in [5.41, 5.74) is 3.41. The van der Waals surface area contributed by atoms with Gasteiger partial charge >= 0.3 is 6.09 Å². The Bertz CT molecular complexity index is 1470. The summed E-state index contributed by atoms with van der Waals surface area (Å²) < 4.78 is 33.0. The van der Waals surface area contributed by atoms with E-state index in [-0.39, 0.29) is 36.9 Å². The highest BCUT2D eigenvalue weighted by Crippen LogP contribution is 2.26. The third kappa shape index (κ3) is 16.0. The Hall–Kier alpha value is -4.25. The van der Waals surface area contributed by atoms with Crippen LogP contribution in [0, 0.1) is 11.8 Å². The molecule has 1 heterocycles. The zero-order valence-electron chi connectivity index (χ0n) is 30.1. The van der Waals surface area contributed by atoms with Gasteiger partial charge in [-0.3, -0.25) is 9.59 Å². The van der Waals surface area contributed by atoms with Gasteiger partial charge < -0.3 is 44.0 Å². The number of anilines is 1. The van der Waals surface area contributed by atoms with Gasteiger partial charge in [0.2, 0.25) is 11.8 Å². The third-order valence-corrected chi connectivity index (χ3v) is 8.30. The van der Waals surface area contributed by atoms with Gasteiger partial charge in [-0.25, -0.2) is 4.79 Å². The molecule has 0 bridgehead atoms. The van der Waals surface area contributed by atoms with Crippen molar-refractivity contribution in [2.75, 3.05) is 84.1 Å². The lowest BCUT2D eigenvalue weighted by Gasteiger charge is -2.26. The second-order valence-electron chi connectivity index (χ2n) is 12.2. The van der Waals surface area contributed by atoms with Gasteiger partial charge in [0.1, 0.15) is 6.10 Å². The molecule has 12 nitrogen and oxygen atoms in total. The number of ether oxygens (including phenoxy) is 6. The number of para-hydroxylation sites is 1. The molecular formula is C40H53N3O9. The van der Waals surface area contributed by atoms with E-state index >= 15 is 0 Å². The van der Waals surface area contributed by atoms with Crippen LogP contribution in [0.4, 0.5) is 10.5 Å². The van der Waals surface area contributed by atoms with Crippen LogP contribution in [-0.4, -0.2) is 103 Å². The van der Waals surface area contributed by atoms with Crippen LogP contribution in [0.25, 0.3) is 0 Å². The number of benzene rings is 2. The maximum Gasteiger partial charge on any atom is 0.407 e. The highest BCUT2D eigenvalue weighted by atomic mass is 16.6. The van der Waals surface area contributed by atoms with Crippen molar-refractivity contribution in [1.29, 1.82) is 0 Å². The van der Waals surface area contributed by atoms with Gasteiger partial charge in [0.15, 0.2) is 0 Å². The molecule has 12 heteroatoms. The molecule has 1 unspecified atom stereocenters. The lowest BCUT2D eigenvalue weighted by molar-refractivity contribution is -0.125. The Morgan fingerprint density at radius 2 is 1.23 bits per heavy atom. The van der Waals surface area contributed by atoms with Crippen LogP contribution in [0.1, 0.15) is 61.6 Å². The van der Waals surface area contributed by atoms with E-state index in [9.17, 15) is 14.4 Å². The summed E-state index contributed by atoms with van der Waals surface area (Å²) in [7, 11) is 0. The molecule has 282 valence electrons. The number of hydrogen-bond donors (Lipinski definition) is 2. The summed E-state index contributed by atoms with van der Waals surface area (Å²) in [6.07, 6.45) is 8.90. The molecule has 52 heavy (non-hydrogen) atoms. The molecule has 0 spiro atoms. The molecule has 0 saturated heterocycles. The molecule has 0 aromatic heterocycles. The van der Waals surface area contributed by atoms with Gasteiger partial charge in [0.05, 0.1) is 78.3 Å². The number of allylic oxidation sites excluding steroid dienone is 2. The Morgan fingerprint density at radius 1 is 0.654 bits per heavy atom. The fraction of sp³-hybridized carbons (Fsp3) is 0.525. The van der Waals surface area contributed by atoms with E-state index in [4.69, 9.17) is 28.4 Å². The maximum atomic E-state index is 13.3. The van der Waals surface area contributed by atoms with Crippen LogP contribution >= 0.6 is 0 Å². The third-order valence-electron chi connectivity index (χ3n) is 8.30. The van der Waals surface area contributed by atoms with E-state index in [1.54, 1.807) is 4.90 Å². The normalized spacial score (nSPS) is 15.7. The van der Waals surface area contributed by atoms with Crippen molar-refractivity contribution in [1.82, 2.24) is 10.6 Å². The van der Waals surface area contributed by atoms with E-state index in [0.29, 0.717) is 85.7 Å². The van der Waals surface area contributed by atoms with Crippen LogP contribution in [0.5, 0.6) is 0 Å². The first-order valence-electron chi connectivity index (χ1n) is 18.3. The first-order chi connectivity index (χ1) is 25.6. The number of carbonyl (C=O) groups excluding carboxylic acids is 3. The monoisotopic (exact) mass is 719 g/mol. The molecule has 1 aliphatic carbocycles. The largest absolute Gasteiger partial charge is 0.446 e.